The normalized spacial score (nSPS) is 12.5. The summed E-state index contributed by atoms with van der Waals surface area (Å²) in [7, 11) is 0. The van der Waals surface area contributed by atoms with Gasteiger partial charge in [-0.25, -0.2) is 0 Å². The molecule has 0 amide bonds. The minimum absolute atomic E-state index is 0.0781. The van der Waals surface area contributed by atoms with Gasteiger partial charge in [0.25, 0.3) is 0 Å². The van der Waals surface area contributed by atoms with Crippen LogP contribution in [0.25, 0.3) is 22.3 Å². The van der Waals surface area contributed by atoms with Gasteiger partial charge in [0.2, 0.25) is 0 Å². The Morgan fingerprint density at radius 3 is 2.68 bits per heavy atom. The van der Waals surface area contributed by atoms with E-state index in [1.807, 2.05) is 19.1 Å². The molecule has 0 radical (unpaired) electrons. The van der Waals surface area contributed by atoms with Gasteiger partial charge in [0.1, 0.15) is 11.3 Å². The van der Waals surface area contributed by atoms with Crippen LogP contribution in [0, 0.1) is 13.8 Å². The molecule has 0 aliphatic heterocycles. The van der Waals surface area contributed by atoms with Crippen LogP contribution in [-0.4, -0.2) is 10.1 Å². The number of aryl methyl sites for hydroxylation is 1. The Labute approximate surface area is 128 Å². The van der Waals surface area contributed by atoms with Crippen LogP contribution < -0.4 is 5.43 Å². The predicted octanol–water partition coefficient (Wildman–Crippen LogP) is 3.53. The lowest BCUT2D eigenvalue weighted by Gasteiger charge is -2.12. The highest BCUT2D eigenvalue weighted by Gasteiger charge is 2.17. The summed E-state index contributed by atoms with van der Waals surface area (Å²) in [6.07, 6.45) is 2.62. The van der Waals surface area contributed by atoms with Crippen LogP contribution in [0.4, 0.5) is 0 Å². The highest BCUT2D eigenvalue weighted by atomic mass is 16.3. The molecule has 0 bridgehead atoms. The van der Waals surface area contributed by atoms with E-state index in [0.717, 1.165) is 11.1 Å². The smallest absolute Gasteiger partial charge is 0.196 e. The van der Waals surface area contributed by atoms with Gasteiger partial charge < -0.3 is 9.52 Å². The van der Waals surface area contributed by atoms with Crippen LogP contribution in [0.15, 0.2) is 45.9 Å². The molecule has 2 aromatic heterocycles. The van der Waals surface area contributed by atoms with Gasteiger partial charge in [-0.1, -0.05) is 0 Å². The van der Waals surface area contributed by atoms with E-state index in [0.29, 0.717) is 27.9 Å². The second-order valence-electron chi connectivity index (χ2n) is 5.53. The van der Waals surface area contributed by atoms with Crippen LogP contribution in [0.2, 0.25) is 0 Å². The lowest BCUT2D eigenvalue weighted by atomic mass is 10.0. The molecule has 1 atom stereocenters. The molecule has 0 fully saturated rings. The number of aliphatic hydroxyl groups is 1. The number of rotatable bonds is 2. The summed E-state index contributed by atoms with van der Waals surface area (Å²) < 4.78 is 6.01. The van der Waals surface area contributed by atoms with E-state index in [2.05, 4.69) is 4.98 Å². The van der Waals surface area contributed by atoms with E-state index in [1.165, 1.54) is 0 Å². The van der Waals surface area contributed by atoms with Crippen LogP contribution in [-0.2, 0) is 0 Å². The number of fused-ring (bicyclic) bond motifs is 1. The zero-order valence-corrected chi connectivity index (χ0v) is 12.8. The molecule has 0 unspecified atom stereocenters. The van der Waals surface area contributed by atoms with Gasteiger partial charge in [-0.05, 0) is 50.6 Å². The summed E-state index contributed by atoms with van der Waals surface area (Å²) in [5.41, 5.74) is 3.20. The molecule has 3 aromatic rings. The molecule has 2 heterocycles. The zero-order chi connectivity index (χ0) is 15.9. The van der Waals surface area contributed by atoms with Crippen LogP contribution in [0.1, 0.15) is 29.7 Å². The Kier molecular flexibility index (Phi) is 3.54. The monoisotopic (exact) mass is 295 g/mol. The Balaban J connectivity index is 2.43. The third-order valence-corrected chi connectivity index (χ3v) is 3.77. The van der Waals surface area contributed by atoms with Gasteiger partial charge >= 0.3 is 0 Å². The number of hydrogen-bond donors (Lipinski definition) is 1. The van der Waals surface area contributed by atoms with Crippen molar-refractivity contribution in [3.05, 3.63) is 63.6 Å². The molecule has 0 aliphatic rings. The lowest BCUT2D eigenvalue weighted by Crippen LogP contribution is -2.09. The topological polar surface area (TPSA) is 63.3 Å². The second kappa shape index (κ2) is 5.39. The predicted molar refractivity (Wildman–Crippen MR) is 85.8 cm³/mol. The summed E-state index contributed by atoms with van der Waals surface area (Å²) in [5.74, 6) is 0.497. The first-order valence-corrected chi connectivity index (χ1v) is 7.15. The molecule has 0 saturated heterocycles. The standard InChI is InChI=1S/C18H17NO3/c1-10-7-14(12(3)20)18-15(8-10)16(21)11(2)17(22-18)13-5-4-6-19-9-13/h4-9,12,20H,1-3H3/t12-/m0/s1. The fourth-order valence-electron chi connectivity index (χ4n) is 2.65. The van der Waals surface area contributed by atoms with Gasteiger partial charge in [0, 0.05) is 29.1 Å². The number of hydrogen-bond acceptors (Lipinski definition) is 4. The molecule has 1 N–H and O–H groups in total. The largest absolute Gasteiger partial charge is 0.455 e. The molecular formula is C18H17NO3. The van der Waals surface area contributed by atoms with Crippen molar-refractivity contribution in [2.45, 2.75) is 26.9 Å². The fraction of sp³-hybridized carbons (Fsp3) is 0.222. The molecule has 0 aliphatic carbocycles. The number of nitrogens with zero attached hydrogens (tertiary/aromatic N) is 1. The van der Waals surface area contributed by atoms with Crippen molar-refractivity contribution >= 4 is 11.0 Å². The minimum atomic E-state index is -0.713. The van der Waals surface area contributed by atoms with E-state index in [9.17, 15) is 9.90 Å². The van der Waals surface area contributed by atoms with Crippen LogP contribution in [0.3, 0.4) is 0 Å². The summed E-state index contributed by atoms with van der Waals surface area (Å²) in [4.78, 5) is 16.8. The zero-order valence-electron chi connectivity index (χ0n) is 12.8. The van der Waals surface area contributed by atoms with Crippen molar-refractivity contribution in [3.8, 4) is 11.3 Å². The van der Waals surface area contributed by atoms with E-state index in [4.69, 9.17) is 4.42 Å². The quantitative estimate of drug-likeness (QED) is 0.785. The SMILES string of the molecule is Cc1cc([C@H](C)O)c2oc(-c3cccnc3)c(C)c(=O)c2c1. The van der Waals surface area contributed by atoms with Gasteiger partial charge in [-0.3, -0.25) is 9.78 Å². The fourth-order valence-corrected chi connectivity index (χ4v) is 2.65. The average Bonchev–Trinajstić information content (AvgIpc) is 2.51. The average molecular weight is 295 g/mol. The maximum Gasteiger partial charge on any atom is 0.196 e. The lowest BCUT2D eigenvalue weighted by molar-refractivity contribution is 0.199. The molecule has 1 aromatic carbocycles. The Hall–Kier alpha value is -2.46. The maximum absolute atomic E-state index is 12.7. The van der Waals surface area contributed by atoms with Gasteiger partial charge in [-0.15, -0.1) is 0 Å². The van der Waals surface area contributed by atoms with Crippen molar-refractivity contribution in [3.63, 3.8) is 0 Å². The summed E-state index contributed by atoms with van der Waals surface area (Å²) in [5, 5.41) is 10.5. The van der Waals surface area contributed by atoms with Crippen molar-refractivity contribution < 1.29 is 9.52 Å². The van der Waals surface area contributed by atoms with Crippen LogP contribution in [0.5, 0.6) is 0 Å². The molecular weight excluding hydrogens is 278 g/mol. The number of pyridine rings is 1. The molecule has 3 rings (SSSR count). The third-order valence-electron chi connectivity index (χ3n) is 3.77. The molecule has 4 heteroatoms. The van der Waals surface area contributed by atoms with E-state index >= 15 is 0 Å². The molecule has 112 valence electrons. The van der Waals surface area contributed by atoms with E-state index < -0.39 is 6.10 Å². The number of aliphatic hydroxyl groups excluding tert-OH is 1. The number of benzene rings is 1. The van der Waals surface area contributed by atoms with Crippen molar-refractivity contribution in [1.82, 2.24) is 4.98 Å². The highest BCUT2D eigenvalue weighted by Crippen LogP contribution is 2.30. The minimum Gasteiger partial charge on any atom is -0.455 e. The van der Waals surface area contributed by atoms with Gasteiger partial charge in [-0.2, -0.15) is 0 Å². The van der Waals surface area contributed by atoms with Crippen LogP contribution >= 0.6 is 0 Å². The maximum atomic E-state index is 12.7. The molecule has 22 heavy (non-hydrogen) atoms. The number of aromatic nitrogens is 1. The summed E-state index contributed by atoms with van der Waals surface area (Å²) in [6, 6.07) is 7.29. The van der Waals surface area contributed by atoms with E-state index in [-0.39, 0.29) is 5.43 Å². The van der Waals surface area contributed by atoms with Gasteiger partial charge in [0.15, 0.2) is 5.43 Å². The highest BCUT2D eigenvalue weighted by molar-refractivity contribution is 5.84. The first-order chi connectivity index (χ1) is 10.5. The third kappa shape index (κ3) is 2.31. The second-order valence-corrected chi connectivity index (χ2v) is 5.53. The summed E-state index contributed by atoms with van der Waals surface area (Å²) >= 11 is 0. The van der Waals surface area contributed by atoms with E-state index in [1.54, 1.807) is 38.4 Å². The molecule has 4 nitrogen and oxygen atoms in total. The summed E-state index contributed by atoms with van der Waals surface area (Å²) in [6.45, 7) is 5.31. The molecule has 0 saturated carbocycles. The Morgan fingerprint density at radius 1 is 1.27 bits per heavy atom. The Bertz CT molecular complexity index is 896. The first kappa shape index (κ1) is 14.5. The molecule has 0 spiro atoms. The first-order valence-electron chi connectivity index (χ1n) is 7.15. The Morgan fingerprint density at radius 2 is 2.05 bits per heavy atom. The van der Waals surface area contributed by atoms with Crippen molar-refractivity contribution in [2.75, 3.05) is 0 Å². The van der Waals surface area contributed by atoms with Crippen molar-refractivity contribution in [1.29, 1.82) is 0 Å². The van der Waals surface area contributed by atoms with Gasteiger partial charge in [0.05, 0.1) is 11.5 Å². The van der Waals surface area contributed by atoms with Crippen molar-refractivity contribution in [2.24, 2.45) is 0 Å².